The minimum atomic E-state index is 0. The van der Waals surface area contributed by atoms with Gasteiger partial charge >= 0.3 is 0 Å². The predicted molar refractivity (Wildman–Crippen MR) is 117 cm³/mol. The van der Waals surface area contributed by atoms with Crippen molar-refractivity contribution >= 4 is 35.8 Å². The predicted octanol–water partition coefficient (Wildman–Crippen LogP) is 2.59. The first-order chi connectivity index (χ1) is 12.1. The Morgan fingerprint density at radius 2 is 2.19 bits per heavy atom. The summed E-state index contributed by atoms with van der Waals surface area (Å²) in [6, 6.07) is 0.514. The number of hydrogen-bond acceptors (Lipinski definition) is 3. The standard InChI is InChI=1S/C19H34N4O2.HI/c1-14(2)22-18(24)16-5-4-6-17(13-16)23-19(20-3)21-10-7-15-8-11-25-12-9-15;/h8,14,16-17H,4-7,9-13H2,1-3H3,(H,22,24)(H2,20,21,23);1H. The van der Waals surface area contributed by atoms with Gasteiger partial charge in [0, 0.05) is 31.6 Å². The van der Waals surface area contributed by atoms with Gasteiger partial charge in [-0.1, -0.05) is 18.1 Å². The molecule has 1 amide bonds. The first-order valence-electron chi connectivity index (χ1n) is 9.61. The minimum absolute atomic E-state index is 0. The number of nitrogens with one attached hydrogen (secondary N) is 3. The zero-order valence-corrected chi connectivity index (χ0v) is 18.7. The largest absolute Gasteiger partial charge is 0.377 e. The molecule has 0 bridgehead atoms. The number of guanidine groups is 1. The van der Waals surface area contributed by atoms with Crippen LogP contribution in [0.2, 0.25) is 0 Å². The van der Waals surface area contributed by atoms with Crippen molar-refractivity contribution in [3.63, 3.8) is 0 Å². The summed E-state index contributed by atoms with van der Waals surface area (Å²) in [5.74, 6) is 1.14. The number of amides is 1. The first-order valence-corrected chi connectivity index (χ1v) is 9.61. The molecular formula is C19H35IN4O2. The molecule has 2 atom stereocenters. The average molecular weight is 478 g/mol. The number of ether oxygens (including phenoxy) is 1. The van der Waals surface area contributed by atoms with Crippen molar-refractivity contribution in [3.05, 3.63) is 11.6 Å². The molecule has 1 aliphatic heterocycles. The quantitative estimate of drug-likeness (QED) is 0.238. The highest BCUT2D eigenvalue weighted by Crippen LogP contribution is 2.24. The third-order valence-electron chi connectivity index (χ3n) is 4.84. The lowest BCUT2D eigenvalue weighted by Crippen LogP contribution is -2.47. The molecule has 2 rings (SSSR count). The maximum Gasteiger partial charge on any atom is 0.223 e. The Hall–Kier alpha value is -0.830. The maximum absolute atomic E-state index is 12.3. The molecule has 2 unspecified atom stereocenters. The van der Waals surface area contributed by atoms with Gasteiger partial charge < -0.3 is 20.7 Å². The van der Waals surface area contributed by atoms with E-state index in [0.29, 0.717) is 6.04 Å². The van der Waals surface area contributed by atoms with E-state index in [1.807, 2.05) is 13.8 Å². The summed E-state index contributed by atoms with van der Waals surface area (Å²) >= 11 is 0. The van der Waals surface area contributed by atoms with Gasteiger partial charge in [0.15, 0.2) is 5.96 Å². The summed E-state index contributed by atoms with van der Waals surface area (Å²) in [7, 11) is 1.80. The Labute approximate surface area is 175 Å². The van der Waals surface area contributed by atoms with Crippen molar-refractivity contribution in [1.29, 1.82) is 0 Å². The fourth-order valence-electron chi connectivity index (χ4n) is 3.48. The molecule has 0 radical (unpaired) electrons. The van der Waals surface area contributed by atoms with Gasteiger partial charge in [0.05, 0.1) is 13.2 Å². The number of rotatable bonds is 6. The van der Waals surface area contributed by atoms with Crippen LogP contribution in [-0.4, -0.2) is 50.8 Å². The lowest BCUT2D eigenvalue weighted by atomic mass is 9.85. The van der Waals surface area contributed by atoms with Gasteiger partial charge in [0.1, 0.15) is 0 Å². The van der Waals surface area contributed by atoms with Gasteiger partial charge in [-0.25, -0.2) is 0 Å². The smallest absolute Gasteiger partial charge is 0.223 e. The van der Waals surface area contributed by atoms with E-state index < -0.39 is 0 Å². The molecule has 3 N–H and O–H groups in total. The normalized spacial score (nSPS) is 23.7. The van der Waals surface area contributed by atoms with Crippen molar-refractivity contribution in [1.82, 2.24) is 16.0 Å². The molecule has 1 saturated carbocycles. The van der Waals surface area contributed by atoms with Crippen molar-refractivity contribution in [2.45, 2.75) is 64.5 Å². The summed E-state index contributed by atoms with van der Waals surface area (Å²) in [4.78, 5) is 16.6. The van der Waals surface area contributed by atoms with Crippen LogP contribution in [0.3, 0.4) is 0 Å². The van der Waals surface area contributed by atoms with Crippen LogP contribution in [0, 0.1) is 5.92 Å². The highest BCUT2D eigenvalue weighted by molar-refractivity contribution is 14.0. The van der Waals surface area contributed by atoms with Crippen LogP contribution >= 0.6 is 24.0 Å². The van der Waals surface area contributed by atoms with Crippen molar-refractivity contribution in [3.8, 4) is 0 Å². The molecule has 0 aromatic rings. The molecule has 0 spiro atoms. The number of nitrogens with zero attached hydrogens (tertiary/aromatic N) is 1. The maximum atomic E-state index is 12.3. The zero-order chi connectivity index (χ0) is 18.1. The molecule has 1 aliphatic carbocycles. The summed E-state index contributed by atoms with van der Waals surface area (Å²) in [6.07, 6.45) is 8.27. The Kier molecular flexibility index (Phi) is 11.2. The Morgan fingerprint density at radius 1 is 1.38 bits per heavy atom. The number of carbonyl (C=O) groups excluding carboxylic acids is 1. The number of carbonyl (C=O) groups is 1. The van der Waals surface area contributed by atoms with Crippen LogP contribution in [0.5, 0.6) is 0 Å². The topological polar surface area (TPSA) is 74.8 Å². The summed E-state index contributed by atoms with van der Waals surface area (Å²) in [5, 5.41) is 9.94. The van der Waals surface area contributed by atoms with E-state index in [1.54, 1.807) is 7.05 Å². The Morgan fingerprint density at radius 3 is 2.85 bits per heavy atom. The van der Waals surface area contributed by atoms with Gasteiger partial charge in [0.2, 0.25) is 5.91 Å². The fraction of sp³-hybridized carbons (Fsp3) is 0.789. The third-order valence-corrected chi connectivity index (χ3v) is 4.84. The van der Waals surface area contributed by atoms with Crippen LogP contribution in [0.15, 0.2) is 16.6 Å². The van der Waals surface area contributed by atoms with Crippen LogP contribution in [0.4, 0.5) is 0 Å². The molecule has 150 valence electrons. The van der Waals surface area contributed by atoms with E-state index in [2.05, 4.69) is 27.0 Å². The van der Waals surface area contributed by atoms with Crippen LogP contribution in [0.25, 0.3) is 0 Å². The summed E-state index contributed by atoms with van der Waals surface area (Å²) in [6.45, 7) is 6.46. The number of halogens is 1. The molecule has 0 aromatic carbocycles. The molecule has 2 aliphatic rings. The zero-order valence-electron chi connectivity index (χ0n) is 16.3. The van der Waals surface area contributed by atoms with Gasteiger partial charge in [-0.15, -0.1) is 24.0 Å². The molecule has 26 heavy (non-hydrogen) atoms. The highest BCUT2D eigenvalue weighted by atomic mass is 127. The Bertz CT molecular complexity index is 494. The lowest BCUT2D eigenvalue weighted by molar-refractivity contribution is -0.126. The van der Waals surface area contributed by atoms with E-state index in [-0.39, 0.29) is 41.8 Å². The van der Waals surface area contributed by atoms with Crippen LogP contribution < -0.4 is 16.0 Å². The molecule has 0 saturated heterocycles. The monoisotopic (exact) mass is 478 g/mol. The van der Waals surface area contributed by atoms with Crippen molar-refractivity contribution < 1.29 is 9.53 Å². The fourth-order valence-corrected chi connectivity index (χ4v) is 3.48. The number of hydrogen-bond donors (Lipinski definition) is 3. The molecule has 7 heteroatoms. The molecule has 6 nitrogen and oxygen atoms in total. The van der Waals surface area contributed by atoms with Crippen LogP contribution in [0.1, 0.15) is 52.4 Å². The molecule has 1 heterocycles. The highest BCUT2D eigenvalue weighted by Gasteiger charge is 2.27. The van der Waals surface area contributed by atoms with E-state index in [0.717, 1.165) is 64.2 Å². The second-order valence-electron chi connectivity index (χ2n) is 7.30. The Balaban J connectivity index is 0.00000338. The molecule has 1 fully saturated rings. The van der Waals surface area contributed by atoms with Crippen LogP contribution in [-0.2, 0) is 9.53 Å². The summed E-state index contributed by atoms with van der Waals surface area (Å²) < 4.78 is 5.34. The molecule has 0 aromatic heterocycles. The summed E-state index contributed by atoms with van der Waals surface area (Å²) in [5.41, 5.74) is 1.46. The van der Waals surface area contributed by atoms with Gasteiger partial charge in [-0.3, -0.25) is 9.79 Å². The van der Waals surface area contributed by atoms with Gasteiger partial charge in [-0.05, 0) is 46.0 Å². The number of aliphatic imine (C=N–C) groups is 1. The van der Waals surface area contributed by atoms with E-state index in [1.165, 1.54) is 5.57 Å². The van der Waals surface area contributed by atoms with E-state index in [9.17, 15) is 4.79 Å². The second-order valence-corrected chi connectivity index (χ2v) is 7.30. The SMILES string of the molecule is CN=C(NCCC1=CCOCC1)NC1CCCC(C(=O)NC(C)C)C1.I. The van der Waals surface area contributed by atoms with Gasteiger partial charge in [-0.2, -0.15) is 0 Å². The van der Waals surface area contributed by atoms with Crippen molar-refractivity contribution in [2.75, 3.05) is 26.8 Å². The van der Waals surface area contributed by atoms with E-state index in [4.69, 9.17) is 4.74 Å². The molecular weight excluding hydrogens is 443 g/mol. The van der Waals surface area contributed by atoms with Crippen molar-refractivity contribution in [2.24, 2.45) is 10.9 Å². The lowest BCUT2D eigenvalue weighted by Gasteiger charge is -2.30. The average Bonchev–Trinajstić information content (AvgIpc) is 2.61. The van der Waals surface area contributed by atoms with E-state index >= 15 is 0 Å². The van der Waals surface area contributed by atoms with Gasteiger partial charge in [0.25, 0.3) is 0 Å². The first kappa shape index (κ1) is 23.2. The third kappa shape index (κ3) is 8.24. The second kappa shape index (κ2) is 12.5. The minimum Gasteiger partial charge on any atom is -0.377 e.